The Labute approximate surface area is 175 Å². The van der Waals surface area contributed by atoms with Gasteiger partial charge in [-0.05, 0) is 36.8 Å². The molecule has 8 heteroatoms. The van der Waals surface area contributed by atoms with Crippen LogP contribution in [-0.2, 0) is 23.9 Å². The third-order valence-corrected chi connectivity index (χ3v) is 4.10. The molecule has 2 atom stereocenters. The van der Waals surface area contributed by atoms with Crippen LogP contribution in [0.25, 0.3) is 0 Å². The van der Waals surface area contributed by atoms with E-state index in [1.54, 1.807) is 36.4 Å². The lowest BCUT2D eigenvalue weighted by Crippen LogP contribution is -2.33. The SMILES string of the molecule is CC(=O)Nc1ccc(NC(=O)[C@H](C)OC(=O)C[C@@H](NC(C)=O)c2ccccc2)cc1. The van der Waals surface area contributed by atoms with E-state index in [0.717, 1.165) is 5.56 Å². The molecule has 0 aromatic heterocycles. The molecule has 0 fully saturated rings. The number of ether oxygens (including phenoxy) is 1. The fourth-order valence-electron chi connectivity index (χ4n) is 2.73. The van der Waals surface area contributed by atoms with Crippen molar-refractivity contribution in [1.82, 2.24) is 5.32 Å². The van der Waals surface area contributed by atoms with Gasteiger partial charge in [-0.15, -0.1) is 0 Å². The Bertz CT molecular complexity index is 897. The number of esters is 1. The molecule has 0 aliphatic heterocycles. The summed E-state index contributed by atoms with van der Waals surface area (Å²) in [7, 11) is 0. The van der Waals surface area contributed by atoms with Gasteiger partial charge in [0.2, 0.25) is 11.8 Å². The Hall–Kier alpha value is -3.68. The molecule has 0 bridgehead atoms. The number of anilines is 2. The van der Waals surface area contributed by atoms with Crippen LogP contribution in [0.2, 0.25) is 0 Å². The van der Waals surface area contributed by atoms with E-state index in [9.17, 15) is 19.2 Å². The smallest absolute Gasteiger partial charge is 0.309 e. The summed E-state index contributed by atoms with van der Waals surface area (Å²) in [6.07, 6.45) is -1.13. The molecule has 0 unspecified atom stereocenters. The van der Waals surface area contributed by atoms with Gasteiger partial charge in [-0.3, -0.25) is 19.2 Å². The summed E-state index contributed by atoms with van der Waals surface area (Å²) in [5.74, 6) is -1.57. The molecule has 2 aromatic carbocycles. The van der Waals surface area contributed by atoms with Crippen LogP contribution in [0.3, 0.4) is 0 Å². The van der Waals surface area contributed by atoms with Crippen molar-refractivity contribution >= 4 is 35.1 Å². The van der Waals surface area contributed by atoms with E-state index in [4.69, 9.17) is 4.74 Å². The van der Waals surface area contributed by atoms with Crippen molar-refractivity contribution in [1.29, 1.82) is 0 Å². The number of hydrogen-bond acceptors (Lipinski definition) is 5. The monoisotopic (exact) mass is 411 g/mol. The Morgan fingerprint density at radius 1 is 0.833 bits per heavy atom. The second-order valence-electron chi connectivity index (χ2n) is 6.75. The maximum absolute atomic E-state index is 12.3. The van der Waals surface area contributed by atoms with Crippen molar-refractivity contribution in [2.75, 3.05) is 10.6 Å². The standard InChI is InChI=1S/C22H25N3O5/c1-14(22(29)25-19-11-9-18(10-12-19)23-15(2)26)30-21(28)13-20(24-16(3)27)17-7-5-4-6-8-17/h4-12,14,20H,13H2,1-3H3,(H,23,26)(H,24,27)(H,25,29)/t14-,20+/m0/s1. The number of benzene rings is 2. The highest BCUT2D eigenvalue weighted by atomic mass is 16.5. The van der Waals surface area contributed by atoms with Gasteiger partial charge in [-0.2, -0.15) is 0 Å². The van der Waals surface area contributed by atoms with Crippen LogP contribution in [0.5, 0.6) is 0 Å². The number of hydrogen-bond donors (Lipinski definition) is 3. The number of amides is 3. The van der Waals surface area contributed by atoms with Gasteiger partial charge >= 0.3 is 5.97 Å². The van der Waals surface area contributed by atoms with Crippen molar-refractivity contribution in [2.45, 2.75) is 39.3 Å². The maximum Gasteiger partial charge on any atom is 0.309 e. The predicted molar refractivity (Wildman–Crippen MR) is 113 cm³/mol. The van der Waals surface area contributed by atoms with E-state index in [1.807, 2.05) is 18.2 Å². The quantitative estimate of drug-likeness (QED) is 0.578. The topological polar surface area (TPSA) is 114 Å². The fourth-order valence-corrected chi connectivity index (χ4v) is 2.73. The van der Waals surface area contributed by atoms with Crippen molar-refractivity contribution in [2.24, 2.45) is 0 Å². The van der Waals surface area contributed by atoms with Gasteiger partial charge in [0.15, 0.2) is 6.10 Å². The lowest BCUT2D eigenvalue weighted by Gasteiger charge is -2.19. The van der Waals surface area contributed by atoms with Crippen molar-refractivity contribution < 1.29 is 23.9 Å². The van der Waals surface area contributed by atoms with Crippen LogP contribution in [0, 0.1) is 0 Å². The average Bonchev–Trinajstić information content (AvgIpc) is 2.68. The molecule has 0 saturated heterocycles. The van der Waals surface area contributed by atoms with Gasteiger partial charge in [0, 0.05) is 25.2 Å². The third-order valence-electron chi connectivity index (χ3n) is 4.10. The molecule has 0 radical (unpaired) electrons. The summed E-state index contributed by atoms with van der Waals surface area (Å²) in [6.45, 7) is 4.24. The molecular formula is C22H25N3O5. The number of carbonyl (C=O) groups excluding carboxylic acids is 4. The van der Waals surface area contributed by atoms with E-state index < -0.39 is 24.0 Å². The van der Waals surface area contributed by atoms with Crippen LogP contribution >= 0.6 is 0 Å². The molecule has 0 spiro atoms. The minimum absolute atomic E-state index is 0.105. The van der Waals surface area contributed by atoms with E-state index in [0.29, 0.717) is 11.4 Å². The normalized spacial score (nSPS) is 12.2. The molecule has 3 amide bonds. The van der Waals surface area contributed by atoms with Crippen LogP contribution in [0.15, 0.2) is 54.6 Å². The lowest BCUT2D eigenvalue weighted by atomic mass is 10.0. The molecule has 2 aromatic rings. The van der Waals surface area contributed by atoms with Gasteiger partial charge in [0.1, 0.15) is 0 Å². The minimum Gasteiger partial charge on any atom is -0.452 e. The molecular weight excluding hydrogens is 386 g/mol. The Morgan fingerprint density at radius 2 is 1.40 bits per heavy atom. The van der Waals surface area contributed by atoms with E-state index in [1.165, 1.54) is 20.8 Å². The van der Waals surface area contributed by atoms with Gasteiger partial charge in [-0.1, -0.05) is 30.3 Å². The van der Waals surface area contributed by atoms with Crippen molar-refractivity contribution in [3.63, 3.8) is 0 Å². The molecule has 0 heterocycles. The highest BCUT2D eigenvalue weighted by Gasteiger charge is 2.22. The first-order valence-electron chi connectivity index (χ1n) is 9.44. The first-order chi connectivity index (χ1) is 14.2. The van der Waals surface area contributed by atoms with Crippen LogP contribution in [0.1, 0.15) is 38.8 Å². The molecule has 30 heavy (non-hydrogen) atoms. The highest BCUT2D eigenvalue weighted by molar-refractivity contribution is 5.95. The molecule has 0 aliphatic rings. The molecule has 0 aliphatic carbocycles. The molecule has 2 rings (SSSR count). The minimum atomic E-state index is -1.03. The molecule has 8 nitrogen and oxygen atoms in total. The summed E-state index contributed by atoms with van der Waals surface area (Å²) in [6, 6.07) is 15.0. The van der Waals surface area contributed by atoms with Crippen LogP contribution < -0.4 is 16.0 Å². The second kappa shape index (κ2) is 10.8. The Balaban J connectivity index is 1.92. The predicted octanol–water partition coefficient (Wildman–Crippen LogP) is 2.78. The van der Waals surface area contributed by atoms with E-state index in [-0.39, 0.29) is 18.2 Å². The first kappa shape index (κ1) is 22.6. The number of rotatable bonds is 8. The number of carbonyl (C=O) groups is 4. The second-order valence-corrected chi connectivity index (χ2v) is 6.75. The average molecular weight is 411 g/mol. The number of nitrogens with one attached hydrogen (secondary N) is 3. The van der Waals surface area contributed by atoms with E-state index in [2.05, 4.69) is 16.0 Å². The molecule has 0 saturated carbocycles. The summed E-state index contributed by atoms with van der Waals surface area (Å²) < 4.78 is 5.23. The lowest BCUT2D eigenvalue weighted by molar-refractivity contribution is -0.153. The maximum atomic E-state index is 12.3. The summed E-state index contributed by atoms with van der Waals surface area (Å²) in [4.78, 5) is 47.2. The summed E-state index contributed by atoms with van der Waals surface area (Å²) in [5.41, 5.74) is 1.86. The zero-order valence-corrected chi connectivity index (χ0v) is 17.1. The van der Waals surface area contributed by atoms with Gasteiger partial charge in [-0.25, -0.2) is 0 Å². The summed E-state index contributed by atoms with van der Waals surface area (Å²) >= 11 is 0. The fraction of sp³-hybridized carbons (Fsp3) is 0.273. The molecule has 158 valence electrons. The van der Waals surface area contributed by atoms with E-state index >= 15 is 0 Å². The van der Waals surface area contributed by atoms with Crippen LogP contribution in [-0.4, -0.2) is 29.8 Å². The zero-order valence-electron chi connectivity index (χ0n) is 17.1. The zero-order chi connectivity index (χ0) is 22.1. The Morgan fingerprint density at radius 3 is 1.93 bits per heavy atom. The highest BCUT2D eigenvalue weighted by Crippen LogP contribution is 2.18. The largest absolute Gasteiger partial charge is 0.452 e. The summed E-state index contributed by atoms with van der Waals surface area (Å²) in [5, 5.41) is 7.99. The molecule has 3 N–H and O–H groups in total. The van der Waals surface area contributed by atoms with Crippen molar-refractivity contribution in [3.8, 4) is 0 Å². The third kappa shape index (κ3) is 7.38. The van der Waals surface area contributed by atoms with Crippen molar-refractivity contribution in [3.05, 3.63) is 60.2 Å². The van der Waals surface area contributed by atoms with Gasteiger partial charge in [0.05, 0.1) is 12.5 Å². The Kier molecular flexibility index (Phi) is 8.10. The van der Waals surface area contributed by atoms with Crippen LogP contribution in [0.4, 0.5) is 11.4 Å². The van der Waals surface area contributed by atoms with Gasteiger partial charge in [0.25, 0.3) is 5.91 Å². The van der Waals surface area contributed by atoms with Gasteiger partial charge < -0.3 is 20.7 Å². The first-order valence-corrected chi connectivity index (χ1v) is 9.44.